The van der Waals surface area contributed by atoms with Gasteiger partial charge in [-0.3, -0.25) is 4.52 Å². The lowest BCUT2D eigenvalue weighted by atomic mass is 9.94. The number of phosphoric acid groups is 1. The van der Waals surface area contributed by atoms with Crippen LogP contribution in [0.1, 0.15) is 12.8 Å². The minimum absolute atomic E-state index is 0.0838. The highest BCUT2D eigenvalue weighted by atomic mass is 79.9. The number of halogens is 6. The molecule has 0 saturated heterocycles. The van der Waals surface area contributed by atoms with E-state index in [-0.39, 0.29) is 25.4 Å². The molecule has 20 heavy (non-hydrogen) atoms. The third kappa shape index (κ3) is 9.98. The van der Waals surface area contributed by atoms with E-state index in [1.807, 2.05) is 0 Å². The Morgan fingerprint density at radius 1 is 1.05 bits per heavy atom. The summed E-state index contributed by atoms with van der Waals surface area (Å²) in [6.45, 7) is -0.0838. The second kappa shape index (κ2) is 10.8. The summed E-state index contributed by atoms with van der Waals surface area (Å²) in [6.07, 6.45) is 1.52. The third-order valence-electron chi connectivity index (χ3n) is 2.41. The van der Waals surface area contributed by atoms with E-state index in [2.05, 4.69) is 100 Å². The molecule has 122 valence electrons. The highest BCUT2D eigenvalue weighted by Crippen LogP contribution is 2.44. The zero-order chi connectivity index (χ0) is 16.0. The molecule has 0 aliphatic heterocycles. The first-order chi connectivity index (χ1) is 9.04. The average molecular weight is 698 g/mol. The molecule has 0 radical (unpaired) electrons. The fourth-order valence-electron chi connectivity index (χ4n) is 1.50. The Bertz CT molecular complexity index is 316. The highest BCUT2D eigenvalue weighted by Gasteiger charge is 2.39. The van der Waals surface area contributed by atoms with Gasteiger partial charge in [-0.2, -0.15) is 0 Å². The molecule has 0 rings (SSSR count). The van der Waals surface area contributed by atoms with Crippen molar-refractivity contribution in [2.75, 3.05) is 17.3 Å². The first kappa shape index (κ1) is 23.0. The molecule has 0 saturated carbocycles. The van der Waals surface area contributed by atoms with Crippen molar-refractivity contribution >= 4 is 103 Å². The number of alkyl halides is 6. The molecule has 11 heteroatoms. The zero-order valence-electron chi connectivity index (χ0n) is 10.2. The maximum Gasteiger partial charge on any atom is 0.469 e. The van der Waals surface area contributed by atoms with E-state index in [9.17, 15) is 4.57 Å². The molecule has 3 unspecified atom stereocenters. The molecular formula is C9H15Br6O4P. The monoisotopic (exact) mass is 692 g/mol. The predicted octanol–water partition coefficient (Wildman–Crippen LogP) is 5.09. The molecule has 0 aromatic carbocycles. The minimum Gasteiger partial charge on any atom is -0.303 e. The van der Waals surface area contributed by atoms with Crippen LogP contribution in [0.15, 0.2) is 0 Å². The second-order valence-electron chi connectivity index (χ2n) is 4.20. The smallest absolute Gasteiger partial charge is 0.303 e. The summed E-state index contributed by atoms with van der Waals surface area (Å²) in [4.78, 5) is 17.8. The topological polar surface area (TPSA) is 66.8 Å². The van der Waals surface area contributed by atoms with Gasteiger partial charge in [0.15, 0.2) is 0 Å². The second-order valence-corrected chi connectivity index (χ2v) is 12.0. The predicted molar refractivity (Wildman–Crippen MR) is 105 cm³/mol. The van der Waals surface area contributed by atoms with Crippen molar-refractivity contribution in [2.24, 2.45) is 0 Å². The summed E-state index contributed by atoms with van der Waals surface area (Å²) in [5, 5.41) is 1.56. The largest absolute Gasteiger partial charge is 0.469 e. The van der Waals surface area contributed by atoms with Crippen LogP contribution >= 0.6 is 103 Å². The van der Waals surface area contributed by atoms with Gasteiger partial charge in [0.05, 0.1) is 11.4 Å². The van der Waals surface area contributed by atoms with E-state index in [4.69, 9.17) is 9.79 Å². The van der Waals surface area contributed by atoms with Crippen LogP contribution in [0.4, 0.5) is 0 Å². The molecule has 3 atom stereocenters. The Kier molecular flexibility index (Phi) is 12.4. The van der Waals surface area contributed by atoms with Gasteiger partial charge in [-0.05, 0) is 12.8 Å². The SMILES string of the molecule is O=P(O)(O)OCC(Br)C(Br)(CC(Br)CBr)CC(Br)CBr. The molecular weight excluding hydrogens is 682 g/mol. The van der Waals surface area contributed by atoms with Crippen LogP contribution in [0.25, 0.3) is 0 Å². The molecule has 0 aliphatic rings. The average Bonchev–Trinajstić information content (AvgIpc) is 2.34. The van der Waals surface area contributed by atoms with Crippen molar-refractivity contribution in [3.8, 4) is 0 Å². The summed E-state index contributed by atoms with van der Waals surface area (Å²) in [5.41, 5.74) is 0. The summed E-state index contributed by atoms with van der Waals surface area (Å²) < 4.78 is 15.1. The molecule has 0 aliphatic carbocycles. The molecule has 0 aromatic heterocycles. The molecule has 0 heterocycles. The van der Waals surface area contributed by atoms with Gasteiger partial charge in [0.1, 0.15) is 0 Å². The van der Waals surface area contributed by atoms with Crippen molar-refractivity contribution in [3.05, 3.63) is 0 Å². The number of hydrogen-bond acceptors (Lipinski definition) is 2. The van der Waals surface area contributed by atoms with Gasteiger partial charge in [-0.1, -0.05) is 95.6 Å². The molecule has 4 nitrogen and oxygen atoms in total. The quantitative estimate of drug-likeness (QED) is 0.247. The van der Waals surface area contributed by atoms with Crippen LogP contribution in [0.2, 0.25) is 0 Å². The maximum atomic E-state index is 10.8. The van der Waals surface area contributed by atoms with Gasteiger partial charge in [-0.25, -0.2) is 4.57 Å². The van der Waals surface area contributed by atoms with E-state index >= 15 is 0 Å². The van der Waals surface area contributed by atoms with Crippen molar-refractivity contribution in [1.29, 1.82) is 0 Å². The van der Waals surface area contributed by atoms with Crippen molar-refractivity contribution in [1.82, 2.24) is 0 Å². The normalized spacial score (nSPS) is 20.2. The molecule has 0 fully saturated rings. The van der Waals surface area contributed by atoms with Crippen molar-refractivity contribution < 1.29 is 18.9 Å². The van der Waals surface area contributed by atoms with E-state index in [0.717, 1.165) is 23.5 Å². The van der Waals surface area contributed by atoms with E-state index in [1.54, 1.807) is 0 Å². The summed E-state index contributed by atoms with van der Waals surface area (Å²) in [6, 6.07) is 0. The van der Waals surface area contributed by atoms with Crippen molar-refractivity contribution in [3.63, 3.8) is 0 Å². The van der Waals surface area contributed by atoms with Crippen molar-refractivity contribution in [2.45, 2.75) is 31.6 Å². The van der Waals surface area contributed by atoms with Gasteiger partial charge in [0.25, 0.3) is 0 Å². The highest BCUT2D eigenvalue weighted by molar-refractivity contribution is 9.13. The first-order valence-electron chi connectivity index (χ1n) is 5.47. The van der Waals surface area contributed by atoms with Crippen LogP contribution in [0.3, 0.4) is 0 Å². The fraction of sp³-hybridized carbons (Fsp3) is 1.00. The van der Waals surface area contributed by atoms with Gasteiger partial charge in [0.2, 0.25) is 0 Å². The Balaban J connectivity index is 4.84. The molecule has 0 spiro atoms. The minimum atomic E-state index is -4.46. The Morgan fingerprint density at radius 2 is 1.45 bits per heavy atom. The Labute approximate surface area is 169 Å². The van der Waals surface area contributed by atoms with Gasteiger partial charge in [-0.15, -0.1) is 0 Å². The van der Waals surface area contributed by atoms with Crippen LogP contribution in [0.5, 0.6) is 0 Å². The molecule has 2 N–H and O–H groups in total. The molecule has 0 aromatic rings. The summed E-state index contributed by atoms with van der Waals surface area (Å²) in [5.74, 6) is 0. The Morgan fingerprint density at radius 3 is 1.75 bits per heavy atom. The standard InChI is InChI=1S/C9H15Br6O4P/c10-3-6(12)1-9(15,2-7(13)4-11)8(14)5-19-20(16,17)18/h6-8H,1-5H2,(H2,16,17,18). The first-order valence-corrected chi connectivity index (χ1v) is 12.8. The zero-order valence-corrected chi connectivity index (χ0v) is 20.6. The van der Waals surface area contributed by atoms with E-state index < -0.39 is 7.82 Å². The van der Waals surface area contributed by atoms with Crippen LogP contribution in [-0.2, 0) is 9.09 Å². The number of rotatable bonds is 10. The maximum absolute atomic E-state index is 10.8. The van der Waals surface area contributed by atoms with E-state index in [1.165, 1.54) is 0 Å². The lowest BCUT2D eigenvalue weighted by Crippen LogP contribution is -2.40. The summed E-state index contributed by atoms with van der Waals surface area (Å²) in [7, 11) is -4.46. The van der Waals surface area contributed by atoms with Crippen LogP contribution < -0.4 is 0 Å². The van der Waals surface area contributed by atoms with Crippen LogP contribution in [-0.4, -0.2) is 45.9 Å². The third-order valence-corrected chi connectivity index (χ3v) is 10.4. The number of phosphoric ester groups is 1. The fourth-order valence-corrected chi connectivity index (χ4v) is 5.95. The van der Waals surface area contributed by atoms with Gasteiger partial charge in [0, 0.05) is 24.6 Å². The van der Waals surface area contributed by atoms with Gasteiger partial charge >= 0.3 is 7.82 Å². The lowest BCUT2D eigenvalue weighted by molar-refractivity contribution is 0.191. The Hall–Kier alpha value is 2.99. The molecule has 0 amide bonds. The summed E-state index contributed by atoms with van der Waals surface area (Å²) >= 11 is 21.2. The van der Waals surface area contributed by atoms with Crippen LogP contribution in [0, 0.1) is 0 Å². The molecule has 0 bridgehead atoms. The van der Waals surface area contributed by atoms with E-state index in [0.29, 0.717) is 0 Å². The van der Waals surface area contributed by atoms with Gasteiger partial charge < -0.3 is 9.79 Å². The lowest BCUT2D eigenvalue weighted by Gasteiger charge is -2.35. The number of hydrogen-bond donors (Lipinski definition) is 2.